The van der Waals surface area contributed by atoms with Crippen molar-refractivity contribution in [2.45, 2.75) is 94.6 Å². The largest absolute Gasteiger partial charge is 0.393 e. The fraction of sp³-hybridized carbons (Fsp3) is 0.526. The predicted molar refractivity (Wildman–Crippen MR) is 188 cm³/mol. The van der Waals surface area contributed by atoms with Crippen LogP contribution in [-0.4, -0.2) is 53.2 Å². The Morgan fingerprint density at radius 3 is 2.68 bits per heavy atom. The van der Waals surface area contributed by atoms with E-state index >= 15 is 0 Å². The van der Waals surface area contributed by atoms with E-state index in [0.29, 0.717) is 12.8 Å². The molecular formula is C38H44N4O3S2. The number of carbonyl (C=O) groups excluding carboxylic acids is 1. The van der Waals surface area contributed by atoms with Gasteiger partial charge in [-0.3, -0.25) is 4.79 Å². The van der Waals surface area contributed by atoms with Crippen molar-refractivity contribution in [3.05, 3.63) is 71.2 Å². The number of pyridine rings is 1. The molecule has 7 nitrogen and oxygen atoms in total. The normalized spacial score (nSPS) is 33.1. The number of fused-ring (bicyclic) bond motifs is 7. The van der Waals surface area contributed by atoms with E-state index < -0.39 is 17.1 Å². The number of allylic oxidation sites excluding steroid dienone is 1. The van der Waals surface area contributed by atoms with E-state index in [9.17, 15) is 15.0 Å². The number of nitrogens with zero attached hydrogens (tertiary/aromatic N) is 4. The number of thiazole rings is 1. The van der Waals surface area contributed by atoms with Gasteiger partial charge in [0.2, 0.25) is 0 Å². The van der Waals surface area contributed by atoms with Crippen LogP contribution in [0.15, 0.2) is 58.7 Å². The van der Waals surface area contributed by atoms with Crippen molar-refractivity contribution in [3.8, 4) is 5.69 Å². The lowest BCUT2D eigenvalue weighted by Crippen LogP contribution is -2.62. The molecule has 9 heteroatoms. The molecule has 0 saturated heterocycles. The first-order chi connectivity index (χ1) is 22.3. The zero-order chi connectivity index (χ0) is 32.9. The van der Waals surface area contributed by atoms with E-state index in [1.807, 2.05) is 18.3 Å². The minimum Gasteiger partial charge on any atom is -0.393 e. The van der Waals surface area contributed by atoms with Crippen LogP contribution in [0, 0.1) is 28.6 Å². The standard InChI is InChI=1S/C38H44N4O3S2/c1-35(2,3)23-8-11-25(12-9-23)42-29-17-24-10-13-26-27-14-15-38(45,31(44)21-46-34-41-28-7-6-16-39-33(28)47-34)37(27,5)19-30(43)32(26)36(24,4)18-22(29)20-40-42/h6-9,11-12,16-17,20,26-27,30,32,43,45H,10,13-15,18-19,21H2,1-5H3/t26?,27?,30?,32?,36?,37?,38-/m0/s1. The molecule has 4 aliphatic rings. The van der Waals surface area contributed by atoms with E-state index in [4.69, 9.17) is 5.10 Å². The maximum absolute atomic E-state index is 13.9. The smallest absolute Gasteiger partial charge is 0.175 e. The van der Waals surface area contributed by atoms with Gasteiger partial charge < -0.3 is 10.2 Å². The molecule has 3 aromatic heterocycles. The van der Waals surface area contributed by atoms with Gasteiger partial charge in [0.25, 0.3) is 0 Å². The van der Waals surface area contributed by atoms with Crippen LogP contribution >= 0.6 is 23.1 Å². The van der Waals surface area contributed by atoms with Crippen molar-refractivity contribution in [1.29, 1.82) is 0 Å². The lowest BCUT2D eigenvalue weighted by molar-refractivity contribution is -0.177. The van der Waals surface area contributed by atoms with Crippen molar-refractivity contribution < 1.29 is 15.0 Å². The number of ketones is 1. The summed E-state index contributed by atoms with van der Waals surface area (Å²) in [5.74, 6) is 0.532. The average molecular weight is 669 g/mol. The van der Waals surface area contributed by atoms with Gasteiger partial charge in [0.15, 0.2) is 10.1 Å². The van der Waals surface area contributed by atoms with Crippen LogP contribution in [0.4, 0.5) is 0 Å². The molecule has 8 rings (SSSR count). The van der Waals surface area contributed by atoms with Crippen LogP contribution in [-0.2, 0) is 16.6 Å². The summed E-state index contributed by atoms with van der Waals surface area (Å²) in [6.07, 6.45) is 9.98. The molecule has 0 radical (unpaired) electrons. The third kappa shape index (κ3) is 4.74. The average Bonchev–Trinajstić information content (AvgIpc) is 3.71. The Hall–Kier alpha value is -2.85. The summed E-state index contributed by atoms with van der Waals surface area (Å²) in [5.41, 5.74) is 4.75. The molecule has 246 valence electrons. The summed E-state index contributed by atoms with van der Waals surface area (Å²) >= 11 is 2.87. The van der Waals surface area contributed by atoms with E-state index in [1.54, 1.807) is 6.20 Å². The number of aromatic nitrogens is 4. The van der Waals surface area contributed by atoms with Gasteiger partial charge in [0, 0.05) is 11.6 Å². The van der Waals surface area contributed by atoms with Gasteiger partial charge in [-0.15, -0.1) is 0 Å². The first-order valence-electron chi connectivity index (χ1n) is 17.0. The number of rotatable bonds is 5. The van der Waals surface area contributed by atoms with Crippen molar-refractivity contribution in [3.63, 3.8) is 0 Å². The molecule has 7 atom stereocenters. The van der Waals surface area contributed by atoms with E-state index in [-0.39, 0.29) is 40.1 Å². The molecule has 0 amide bonds. The van der Waals surface area contributed by atoms with Crippen molar-refractivity contribution in [2.75, 3.05) is 5.75 Å². The first kappa shape index (κ1) is 31.4. The highest BCUT2D eigenvalue weighted by molar-refractivity contribution is 8.01. The molecule has 4 aliphatic carbocycles. The Balaban J connectivity index is 1.03. The maximum atomic E-state index is 13.9. The van der Waals surface area contributed by atoms with Crippen LogP contribution in [0.2, 0.25) is 0 Å². The molecule has 0 bridgehead atoms. The molecule has 3 fully saturated rings. The predicted octanol–water partition coefficient (Wildman–Crippen LogP) is 7.42. The van der Waals surface area contributed by atoms with Gasteiger partial charge in [0.05, 0.1) is 29.4 Å². The Morgan fingerprint density at radius 1 is 1.15 bits per heavy atom. The van der Waals surface area contributed by atoms with Crippen molar-refractivity contribution >= 4 is 45.3 Å². The number of hydrogen-bond donors (Lipinski definition) is 2. The third-order valence-electron chi connectivity index (χ3n) is 12.5. The number of benzene rings is 1. The van der Waals surface area contributed by atoms with E-state index in [2.05, 4.69) is 79.6 Å². The number of aliphatic hydroxyl groups excluding tert-OH is 1. The molecule has 6 unspecified atom stereocenters. The molecule has 3 heterocycles. The molecule has 3 saturated carbocycles. The number of carbonyl (C=O) groups is 1. The zero-order valence-electron chi connectivity index (χ0n) is 27.9. The lowest BCUT2D eigenvalue weighted by Gasteiger charge is -2.60. The monoisotopic (exact) mass is 668 g/mol. The number of Topliss-reactive ketones (excluding diaryl/α,β-unsaturated/α-hetero) is 1. The SMILES string of the molecule is CC(C)(C)c1ccc(-n2ncc3c2C=C2CCC4C(C(O)CC5(C)C4CC[C@]5(O)C(=O)CSc4nc5cccnc5s4)C2(C)C3)cc1. The van der Waals surface area contributed by atoms with Gasteiger partial charge >= 0.3 is 0 Å². The molecule has 0 spiro atoms. The Bertz CT molecular complexity index is 1870. The highest BCUT2D eigenvalue weighted by Crippen LogP contribution is 2.67. The minimum absolute atomic E-state index is 0.0743. The molecule has 47 heavy (non-hydrogen) atoms. The minimum atomic E-state index is -1.45. The summed E-state index contributed by atoms with van der Waals surface area (Å²) in [6.45, 7) is 11.1. The van der Waals surface area contributed by atoms with Crippen LogP contribution in [0.5, 0.6) is 0 Å². The van der Waals surface area contributed by atoms with Gasteiger partial charge in [-0.25, -0.2) is 14.6 Å². The summed E-state index contributed by atoms with van der Waals surface area (Å²) < 4.78 is 2.86. The fourth-order valence-electron chi connectivity index (χ4n) is 10.0. The van der Waals surface area contributed by atoms with Crippen molar-refractivity contribution in [2.24, 2.45) is 28.6 Å². The third-order valence-corrected chi connectivity index (χ3v) is 14.6. The second kappa shape index (κ2) is 10.8. The van der Waals surface area contributed by atoms with Crippen molar-refractivity contribution in [1.82, 2.24) is 19.7 Å². The Morgan fingerprint density at radius 2 is 1.94 bits per heavy atom. The molecule has 4 aromatic rings. The maximum Gasteiger partial charge on any atom is 0.175 e. The van der Waals surface area contributed by atoms with E-state index in [1.165, 1.54) is 39.8 Å². The molecule has 1 aromatic carbocycles. The van der Waals surface area contributed by atoms with Gasteiger partial charge in [-0.2, -0.15) is 5.10 Å². The fourth-order valence-corrected chi connectivity index (χ4v) is 12.0. The molecule has 0 aliphatic heterocycles. The second-order valence-corrected chi connectivity index (χ2v) is 18.2. The van der Waals surface area contributed by atoms with Gasteiger partial charge in [-0.1, -0.05) is 75.4 Å². The van der Waals surface area contributed by atoms with Crippen LogP contribution < -0.4 is 0 Å². The van der Waals surface area contributed by atoms with Crippen LogP contribution in [0.1, 0.15) is 83.5 Å². The number of aliphatic hydroxyl groups is 2. The van der Waals surface area contributed by atoms with Crippen LogP contribution in [0.25, 0.3) is 22.1 Å². The van der Waals surface area contributed by atoms with E-state index in [0.717, 1.165) is 51.8 Å². The highest BCUT2D eigenvalue weighted by Gasteiger charge is 2.68. The number of thioether (sulfide) groups is 1. The Kier molecular flexibility index (Phi) is 7.24. The quantitative estimate of drug-likeness (QED) is 0.214. The summed E-state index contributed by atoms with van der Waals surface area (Å²) in [4.78, 5) is 23.7. The van der Waals surface area contributed by atoms with Crippen LogP contribution in [0.3, 0.4) is 0 Å². The lowest BCUT2D eigenvalue weighted by atomic mass is 9.45. The Labute approximate surface area is 284 Å². The van der Waals surface area contributed by atoms with Gasteiger partial charge in [0.1, 0.15) is 15.9 Å². The summed E-state index contributed by atoms with van der Waals surface area (Å²) in [5, 5.41) is 29.1. The van der Waals surface area contributed by atoms with Gasteiger partial charge in [-0.05, 0) is 109 Å². The molecular weight excluding hydrogens is 625 g/mol. The first-order valence-corrected chi connectivity index (χ1v) is 18.8. The summed E-state index contributed by atoms with van der Waals surface area (Å²) in [6, 6.07) is 12.5. The highest BCUT2D eigenvalue weighted by atomic mass is 32.2. The molecule has 2 N–H and O–H groups in total. The topological polar surface area (TPSA) is 101 Å². The summed E-state index contributed by atoms with van der Waals surface area (Å²) in [7, 11) is 0. The number of hydrogen-bond acceptors (Lipinski definition) is 8. The zero-order valence-corrected chi connectivity index (χ0v) is 29.5. The second-order valence-electron chi connectivity index (χ2n) is 16.0.